The summed E-state index contributed by atoms with van der Waals surface area (Å²) in [5.41, 5.74) is 2.27. The van der Waals surface area contributed by atoms with Crippen molar-refractivity contribution < 1.29 is 33.0 Å². The number of hydrogen-bond acceptors (Lipinski definition) is 10. The summed E-state index contributed by atoms with van der Waals surface area (Å²) >= 11 is 0. The highest BCUT2D eigenvalue weighted by atomic mass is 19.2. The fraction of sp³-hybridized carbons (Fsp3) is 0.429. The SMILES string of the molecule is COc1ccc(-c2cnc3c(Nc4ccc(C(=O)C(NC(=O)C5CCNCC5)C(O)CN5CCOC(C)C5)c(C)c4)nccn23)c(F)c1F. The number of aryl methyl sites for hydroxylation is 1. The van der Waals surface area contributed by atoms with Gasteiger partial charge in [-0.15, -0.1) is 0 Å². The number of imidazole rings is 1. The molecule has 4 heterocycles. The van der Waals surface area contributed by atoms with Crippen molar-refractivity contribution in [2.24, 2.45) is 5.92 Å². The second-order valence-corrected chi connectivity index (χ2v) is 12.6. The molecule has 0 saturated carbocycles. The summed E-state index contributed by atoms with van der Waals surface area (Å²) < 4.78 is 41.5. The van der Waals surface area contributed by atoms with E-state index in [4.69, 9.17) is 9.47 Å². The number of carbonyl (C=O) groups is 2. The van der Waals surface area contributed by atoms with Crippen LogP contribution in [0.2, 0.25) is 0 Å². The third-order valence-electron chi connectivity index (χ3n) is 9.17. The van der Waals surface area contributed by atoms with Crippen LogP contribution in [0.3, 0.4) is 0 Å². The Morgan fingerprint density at radius 3 is 2.69 bits per heavy atom. The van der Waals surface area contributed by atoms with E-state index in [-0.39, 0.29) is 41.6 Å². The van der Waals surface area contributed by atoms with Gasteiger partial charge in [0.15, 0.2) is 28.8 Å². The largest absolute Gasteiger partial charge is 0.494 e. The van der Waals surface area contributed by atoms with Crippen LogP contribution in [0.5, 0.6) is 5.75 Å². The second kappa shape index (κ2) is 14.9. The van der Waals surface area contributed by atoms with Gasteiger partial charge in [0.2, 0.25) is 11.7 Å². The monoisotopic (exact) mass is 677 g/mol. The number of fused-ring (bicyclic) bond motifs is 1. The highest BCUT2D eigenvalue weighted by Gasteiger charge is 2.34. The smallest absolute Gasteiger partial charge is 0.223 e. The van der Waals surface area contributed by atoms with Crippen LogP contribution in [-0.2, 0) is 9.53 Å². The van der Waals surface area contributed by atoms with Crippen LogP contribution >= 0.6 is 0 Å². The van der Waals surface area contributed by atoms with Crippen LogP contribution < -0.4 is 20.7 Å². The molecule has 1 amide bonds. The maximum absolute atomic E-state index is 14.9. The number of morpholine rings is 1. The molecule has 2 aromatic heterocycles. The van der Waals surface area contributed by atoms with Crippen LogP contribution in [0.15, 0.2) is 48.9 Å². The molecule has 2 aliphatic heterocycles. The first kappa shape index (κ1) is 34.4. The molecule has 14 heteroatoms. The van der Waals surface area contributed by atoms with Crippen molar-refractivity contribution in [3.63, 3.8) is 0 Å². The van der Waals surface area contributed by atoms with Crippen molar-refractivity contribution in [1.82, 2.24) is 29.9 Å². The molecule has 2 aromatic carbocycles. The molecule has 0 bridgehead atoms. The van der Waals surface area contributed by atoms with Crippen molar-refractivity contribution in [3.8, 4) is 17.0 Å². The summed E-state index contributed by atoms with van der Waals surface area (Å²) in [7, 11) is 1.27. The number of benzene rings is 2. The number of amides is 1. The summed E-state index contributed by atoms with van der Waals surface area (Å²) in [6, 6.07) is 6.76. The Bertz CT molecular complexity index is 1830. The van der Waals surface area contributed by atoms with E-state index in [1.54, 1.807) is 35.7 Å². The van der Waals surface area contributed by atoms with E-state index < -0.39 is 23.8 Å². The number of nitrogens with one attached hydrogen (secondary N) is 3. The minimum absolute atomic E-state index is 0.00207. The molecule has 49 heavy (non-hydrogen) atoms. The van der Waals surface area contributed by atoms with Crippen molar-refractivity contribution >= 4 is 28.8 Å². The molecule has 4 N–H and O–H groups in total. The van der Waals surface area contributed by atoms with Crippen LogP contribution in [-0.4, -0.2) is 101 Å². The Balaban J connectivity index is 1.23. The molecule has 3 unspecified atom stereocenters. The Kier molecular flexibility index (Phi) is 10.5. The number of ether oxygens (including phenoxy) is 2. The number of aliphatic hydroxyl groups excluding tert-OH is 1. The Morgan fingerprint density at radius 2 is 1.96 bits per heavy atom. The van der Waals surface area contributed by atoms with Crippen LogP contribution in [0.4, 0.5) is 20.3 Å². The highest BCUT2D eigenvalue weighted by molar-refractivity contribution is 6.04. The topological polar surface area (TPSA) is 142 Å². The number of aromatic nitrogens is 3. The molecule has 4 aromatic rings. The van der Waals surface area contributed by atoms with E-state index in [9.17, 15) is 23.5 Å². The Labute approximate surface area is 282 Å². The molecule has 2 fully saturated rings. The first-order valence-corrected chi connectivity index (χ1v) is 16.4. The number of halogens is 2. The van der Waals surface area contributed by atoms with Gasteiger partial charge in [0, 0.05) is 54.8 Å². The average Bonchev–Trinajstić information content (AvgIpc) is 3.53. The zero-order valence-corrected chi connectivity index (χ0v) is 27.7. The molecule has 2 saturated heterocycles. The van der Waals surface area contributed by atoms with E-state index in [0.29, 0.717) is 66.5 Å². The van der Waals surface area contributed by atoms with Gasteiger partial charge in [-0.25, -0.2) is 14.4 Å². The third-order valence-corrected chi connectivity index (χ3v) is 9.17. The third kappa shape index (κ3) is 7.42. The number of carbonyl (C=O) groups excluding carboxylic acids is 2. The van der Waals surface area contributed by atoms with Crippen LogP contribution in [0.25, 0.3) is 16.9 Å². The lowest BCUT2D eigenvalue weighted by atomic mass is 9.93. The van der Waals surface area contributed by atoms with Gasteiger partial charge in [-0.05, 0) is 75.7 Å². The lowest BCUT2D eigenvalue weighted by Crippen LogP contribution is -2.56. The minimum Gasteiger partial charge on any atom is -0.494 e. The van der Waals surface area contributed by atoms with Crippen molar-refractivity contribution in [1.29, 1.82) is 0 Å². The predicted octanol–water partition coefficient (Wildman–Crippen LogP) is 3.48. The standard InChI is InChI=1S/C35H41F2N7O5/c1-20-16-23(41-33-34-40-17-26(44(34)13-12-39-33)25-6-7-28(48-3)30(37)29(25)36)4-5-24(20)32(46)31(42-35(47)22-8-10-38-11-9-22)27(45)19-43-14-15-49-21(2)18-43/h4-7,12-13,16-17,21-22,27,31,38,45H,8-11,14-15,18-19H2,1-3H3,(H,39,41)(H,42,47). The van der Waals surface area contributed by atoms with E-state index in [1.165, 1.54) is 31.6 Å². The van der Waals surface area contributed by atoms with Gasteiger partial charge < -0.3 is 30.5 Å². The van der Waals surface area contributed by atoms with Gasteiger partial charge in [0.1, 0.15) is 6.04 Å². The molecular weight excluding hydrogens is 636 g/mol. The first-order chi connectivity index (χ1) is 23.6. The molecule has 0 radical (unpaired) electrons. The molecule has 0 aliphatic carbocycles. The molecule has 3 atom stereocenters. The fourth-order valence-electron chi connectivity index (χ4n) is 6.53. The number of methoxy groups -OCH3 is 1. The maximum Gasteiger partial charge on any atom is 0.223 e. The number of β-amino-alcohol motifs (C(OH)–C–C–N with tert-alkyl or cyclic N) is 1. The molecule has 2 aliphatic rings. The number of aliphatic hydroxyl groups is 1. The van der Waals surface area contributed by atoms with E-state index in [0.717, 1.165) is 13.1 Å². The number of anilines is 2. The first-order valence-electron chi connectivity index (χ1n) is 16.4. The van der Waals surface area contributed by atoms with Crippen LogP contribution in [0, 0.1) is 24.5 Å². The number of Topliss-reactive ketones (excluding diaryl/α,β-unsaturated/α-hetero) is 1. The summed E-state index contributed by atoms with van der Waals surface area (Å²) in [6.45, 7) is 7.16. The number of ketones is 1. The lowest BCUT2D eigenvalue weighted by Gasteiger charge is -2.35. The summed E-state index contributed by atoms with van der Waals surface area (Å²) in [5, 5.41) is 20.8. The van der Waals surface area contributed by atoms with E-state index in [1.807, 2.05) is 11.8 Å². The normalized spacial score (nSPS) is 18.6. The lowest BCUT2D eigenvalue weighted by molar-refractivity contribution is -0.127. The predicted molar refractivity (Wildman–Crippen MR) is 179 cm³/mol. The number of piperidine rings is 1. The molecule has 0 spiro atoms. The Hall–Kier alpha value is -4.50. The number of rotatable bonds is 11. The maximum atomic E-state index is 14.9. The molecule has 260 valence electrons. The summed E-state index contributed by atoms with van der Waals surface area (Å²) in [5.74, 6) is -2.86. The number of nitrogens with zero attached hydrogens (tertiary/aromatic N) is 4. The average molecular weight is 678 g/mol. The minimum atomic E-state index is -1.14. The Morgan fingerprint density at radius 1 is 1.16 bits per heavy atom. The van der Waals surface area contributed by atoms with Gasteiger partial charge >= 0.3 is 0 Å². The highest BCUT2D eigenvalue weighted by Crippen LogP contribution is 2.32. The van der Waals surface area contributed by atoms with Crippen molar-refractivity contribution in [3.05, 3.63) is 71.7 Å². The van der Waals surface area contributed by atoms with Gasteiger partial charge in [-0.2, -0.15) is 4.39 Å². The summed E-state index contributed by atoms with van der Waals surface area (Å²) in [4.78, 5) is 38.2. The number of hydrogen-bond donors (Lipinski definition) is 4. The molecule has 6 rings (SSSR count). The van der Waals surface area contributed by atoms with Crippen molar-refractivity contribution in [2.75, 3.05) is 51.8 Å². The fourth-order valence-corrected chi connectivity index (χ4v) is 6.53. The quantitative estimate of drug-likeness (QED) is 0.174. The molecular formula is C35H41F2N7O5. The van der Waals surface area contributed by atoms with Gasteiger partial charge in [0.25, 0.3) is 0 Å². The zero-order valence-electron chi connectivity index (χ0n) is 27.7. The van der Waals surface area contributed by atoms with Gasteiger partial charge in [0.05, 0.1) is 37.8 Å². The zero-order chi connectivity index (χ0) is 34.7. The molecule has 12 nitrogen and oxygen atoms in total. The van der Waals surface area contributed by atoms with Crippen molar-refractivity contribution in [2.45, 2.75) is 44.9 Å². The van der Waals surface area contributed by atoms with E-state index in [2.05, 4.69) is 25.9 Å². The van der Waals surface area contributed by atoms with Gasteiger partial charge in [-0.1, -0.05) is 0 Å². The van der Waals surface area contributed by atoms with Gasteiger partial charge in [-0.3, -0.25) is 18.9 Å². The van der Waals surface area contributed by atoms with E-state index >= 15 is 0 Å². The van der Waals surface area contributed by atoms with Crippen LogP contribution in [0.1, 0.15) is 35.7 Å². The second-order valence-electron chi connectivity index (χ2n) is 12.6. The summed E-state index contributed by atoms with van der Waals surface area (Å²) in [6.07, 6.45) is 4.72.